The van der Waals surface area contributed by atoms with Gasteiger partial charge in [-0.1, -0.05) is 13.8 Å². The third-order valence-electron chi connectivity index (χ3n) is 5.02. The van der Waals surface area contributed by atoms with Gasteiger partial charge in [0.1, 0.15) is 5.82 Å². The zero-order chi connectivity index (χ0) is 18.9. The summed E-state index contributed by atoms with van der Waals surface area (Å²) < 4.78 is 4.41. The maximum atomic E-state index is 4.85. The first kappa shape index (κ1) is 20.9. The molecule has 0 spiro atoms. The number of aromatic nitrogens is 2. The van der Waals surface area contributed by atoms with E-state index in [2.05, 4.69) is 64.1 Å². The zero-order valence-electron chi connectivity index (χ0n) is 17.0. The second-order valence-corrected chi connectivity index (χ2v) is 7.52. The predicted molar refractivity (Wildman–Crippen MR) is 111 cm³/mol. The van der Waals surface area contributed by atoms with Crippen LogP contribution in [-0.4, -0.2) is 84.0 Å². The third-order valence-corrected chi connectivity index (χ3v) is 5.83. The summed E-state index contributed by atoms with van der Waals surface area (Å²) in [7, 11) is 2.18. The van der Waals surface area contributed by atoms with E-state index in [0.29, 0.717) is 6.04 Å². The molecule has 1 atom stereocenters. The van der Waals surface area contributed by atoms with E-state index >= 15 is 0 Å². The number of nitrogens with zero attached hydrogens (tertiary/aromatic N) is 6. The van der Waals surface area contributed by atoms with E-state index in [0.717, 1.165) is 69.1 Å². The van der Waals surface area contributed by atoms with Crippen LogP contribution in [0.2, 0.25) is 0 Å². The molecule has 0 radical (unpaired) electrons. The fourth-order valence-electron chi connectivity index (χ4n) is 2.90. The highest BCUT2D eigenvalue weighted by atomic mass is 32.1. The molecule has 0 amide bonds. The third kappa shape index (κ3) is 5.81. The smallest absolute Gasteiger partial charge is 0.205 e. The maximum absolute atomic E-state index is 4.85. The Morgan fingerprint density at radius 2 is 2.00 bits per heavy atom. The molecular weight excluding hydrogens is 346 g/mol. The first-order valence-corrected chi connectivity index (χ1v) is 10.7. The Balaban J connectivity index is 1.87. The molecule has 0 bridgehead atoms. The van der Waals surface area contributed by atoms with Gasteiger partial charge in [-0.05, 0) is 27.3 Å². The van der Waals surface area contributed by atoms with Gasteiger partial charge in [-0.3, -0.25) is 4.99 Å². The number of nitrogens with one attached hydrogen (secondary N) is 1. The lowest BCUT2D eigenvalue weighted by molar-refractivity contribution is 0.258. The molecule has 148 valence electrons. The largest absolute Gasteiger partial charge is 0.357 e. The van der Waals surface area contributed by atoms with Crippen LogP contribution in [0.15, 0.2) is 4.99 Å². The summed E-state index contributed by atoms with van der Waals surface area (Å²) in [5.74, 6) is 1.99. The number of anilines is 1. The van der Waals surface area contributed by atoms with E-state index < -0.39 is 0 Å². The molecule has 0 aromatic carbocycles. The van der Waals surface area contributed by atoms with Gasteiger partial charge in [0.25, 0.3) is 0 Å². The van der Waals surface area contributed by atoms with Crippen LogP contribution in [0, 0.1) is 0 Å². The van der Waals surface area contributed by atoms with Crippen LogP contribution < -0.4 is 10.2 Å². The Labute approximate surface area is 162 Å². The fraction of sp³-hybridized carbons (Fsp3) is 0.833. The Kier molecular flexibility index (Phi) is 8.58. The van der Waals surface area contributed by atoms with Gasteiger partial charge in [0.15, 0.2) is 5.96 Å². The minimum Gasteiger partial charge on any atom is -0.357 e. The van der Waals surface area contributed by atoms with Crippen LogP contribution in [-0.2, 0) is 6.42 Å². The maximum Gasteiger partial charge on any atom is 0.205 e. The topological polar surface area (TPSA) is 59.9 Å². The molecule has 0 aliphatic carbocycles. The van der Waals surface area contributed by atoms with Crippen molar-refractivity contribution >= 4 is 22.6 Å². The van der Waals surface area contributed by atoms with Crippen LogP contribution >= 0.6 is 11.5 Å². The van der Waals surface area contributed by atoms with E-state index in [1.54, 1.807) is 0 Å². The second-order valence-electron chi connectivity index (χ2n) is 6.79. The lowest BCUT2D eigenvalue weighted by Crippen LogP contribution is -2.52. The summed E-state index contributed by atoms with van der Waals surface area (Å²) in [5, 5.41) is 4.50. The molecule has 1 aromatic heterocycles. The van der Waals surface area contributed by atoms with E-state index in [4.69, 9.17) is 4.99 Å². The van der Waals surface area contributed by atoms with Crippen molar-refractivity contribution in [3.05, 3.63) is 5.82 Å². The van der Waals surface area contributed by atoms with Crippen molar-refractivity contribution in [1.82, 2.24) is 24.5 Å². The lowest BCUT2D eigenvalue weighted by Gasteiger charge is -2.36. The molecule has 2 rings (SSSR count). The summed E-state index contributed by atoms with van der Waals surface area (Å²) in [6.45, 7) is 15.3. The summed E-state index contributed by atoms with van der Waals surface area (Å²) >= 11 is 1.52. The van der Waals surface area contributed by atoms with Crippen LogP contribution in [0.3, 0.4) is 0 Å². The molecule has 1 N–H and O–H groups in total. The monoisotopic (exact) mass is 381 g/mol. The Morgan fingerprint density at radius 1 is 1.27 bits per heavy atom. The average Bonchev–Trinajstić information content (AvgIpc) is 3.16. The highest BCUT2D eigenvalue weighted by molar-refractivity contribution is 7.09. The van der Waals surface area contributed by atoms with E-state index in [1.807, 2.05) is 0 Å². The van der Waals surface area contributed by atoms with Crippen molar-refractivity contribution in [2.75, 3.05) is 57.8 Å². The molecule has 7 nitrogen and oxygen atoms in total. The van der Waals surface area contributed by atoms with Gasteiger partial charge in [0.05, 0.1) is 6.54 Å². The zero-order valence-corrected chi connectivity index (χ0v) is 17.8. The number of likely N-dealkylation sites (N-methyl/N-ethyl adjacent to an activating group) is 1. The van der Waals surface area contributed by atoms with Gasteiger partial charge in [-0.2, -0.15) is 4.37 Å². The fourth-order valence-corrected chi connectivity index (χ4v) is 3.70. The molecular formula is C18H35N7S. The summed E-state index contributed by atoms with van der Waals surface area (Å²) in [4.78, 5) is 16.6. The standard InChI is InChI=1S/C18H35N7S/c1-6-15(4)23(5)10-9-20-17(19-8-3)24-11-13-25(14-12-24)18-21-16(7-2)22-26-18/h15H,6-14H2,1-5H3,(H,19,20). The number of hydrogen-bond acceptors (Lipinski definition) is 6. The number of piperazine rings is 1. The summed E-state index contributed by atoms with van der Waals surface area (Å²) in [6.07, 6.45) is 2.08. The van der Waals surface area contributed by atoms with Crippen LogP contribution in [0.5, 0.6) is 0 Å². The highest BCUT2D eigenvalue weighted by Gasteiger charge is 2.22. The quantitative estimate of drug-likeness (QED) is 0.548. The number of aliphatic imine (C=N–C) groups is 1. The second kappa shape index (κ2) is 10.7. The number of aryl methyl sites for hydroxylation is 1. The minimum atomic E-state index is 0.608. The van der Waals surface area contributed by atoms with Crippen molar-refractivity contribution in [1.29, 1.82) is 0 Å². The van der Waals surface area contributed by atoms with E-state index in [-0.39, 0.29) is 0 Å². The molecule has 1 unspecified atom stereocenters. The van der Waals surface area contributed by atoms with Crippen LogP contribution in [0.4, 0.5) is 5.13 Å². The predicted octanol–water partition coefficient (Wildman–Crippen LogP) is 1.92. The van der Waals surface area contributed by atoms with Crippen molar-refractivity contribution in [2.45, 2.75) is 46.6 Å². The van der Waals surface area contributed by atoms with Crippen molar-refractivity contribution in [3.8, 4) is 0 Å². The first-order chi connectivity index (χ1) is 12.6. The molecule has 1 aromatic rings. The molecule has 26 heavy (non-hydrogen) atoms. The van der Waals surface area contributed by atoms with Crippen molar-refractivity contribution in [3.63, 3.8) is 0 Å². The highest BCUT2D eigenvalue weighted by Crippen LogP contribution is 2.19. The minimum absolute atomic E-state index is 0.608. The number of hydrogen-bond donors (Lipinski definition) is 1. The van der Waals surface area contributed by atoms with Crippen molar-refractivity contribution < 1.29 is 0 Å². The Bertz CT molecular complexity index is 551. The van der Waals surface area contributed by atoms with Crippen LogP contribution in [0.1, 0.15) is 39.9 Å². The molecule has 1 saturated heterocycles. The molecule has 8 heteroatoms. The average molecular weight is 382 g/mol. The van der Waals surface area contributed by atoms with Gasteiger partial charge in [-0.25, -0.2) is 4.98 Å². The molecule has 2 heterocycles. The number of guanidine groups is 1. The number of rotatable bonds is 8. The normalized spacial score (nSPS) is 17.1. The van der Waals surface area contributed by atoms with Gasteiger partial charge >= 0.3 is 0 Å². The molecule has 1 fully saturated rings. The molecule has 1 aliphatic rings. The Morgan fingerprint density at radius 3 is 2.58 bits per heavy atom. The van der Waals surface area contributed by atoms with Crippen molar-refractivity contribution in [2.24, 2.45) is 4.99 Å². The molecule has 1 aliphatic heterocycles. The van der Waals surface area contributed by atoms with E-state index in [9.17, 15) is 0 Å². The SMILES string of the molecule is CCNC(=NCCN(C)C(C)CC)N1CCN(c2nc(CC)ns2)CC1. The van der Waals surface area contributed by atoms with Gasteiger partial charge in [0, 0.05) is 63.3 Å². The summed E-state index contributed by atoms with van der Waals surface area (Å²) in [5.41, 5.74) is 0. The Hall–Kier alpha value is -1.41. The van der Waals surface area contributed by atoms with E-state index in [1.165, 1.54) is 18.0 Å². The van der Waals surface area contributed by atoms with Gasteiger partial charge < -0.3 is 20.0 Å². The van der Waals surface area contributed by atoms with Crippen LogP contribution in [0.25, 0.3) is 0 Å². The first-order valence-electron chi connectivity index (χ1n) is 9.90. The van der Waals surface area contributed by atoms with Gasteiger partial charge in [-0.15, -0.1) is 0 Å². The van der Waals surface area contributed by atoms with Gasteiger partial charge in [0.2, 0.25) is 5.13 Å². The lowest BCUT2D eigenvalue weighted by atomic mass is 10.2. The molecule has 0 saturated carbocycles. The summed E-state index contributed by atoms with van der Waals surface area (Å²) in [6, 6.07) is 0.608.